The zero-order chi connectivity index (χ0) is 20.6. The third-order valence-corrected chi connectivity index (χ3v) is 8.03. The largest absolute Gasteiger partial charge is 0.352 e. The summed E-state index contributed by atoms with van der Waals surface area (Å²) in [5.74, 6) is 1.09. The number of aliphatic imine (C=N–C) groups is 1. The molecule has 2 aliphatic heterocycles. The summed E-state index contributed by atoms with van der Waals surface area (Å²) in [6, 6.07) is 13.0. The Morgan fingerprint density at radius 3 is 2.47 bits per heavy atom. The second kappa shape index (κ2) is 8.19. The average Bonchev–Trinajstić information content (AvgIpc) is 3.35. The van der Waals surface area contributed by atoms with E-state index in [9.17, 15) is 0 Å². The summed E-state index contributed by atoms with van der Waals surface area (Å²) in [4.78, 5) is 21.3. The molecule has 1 fully saturated rings. The van der Waals surface area contributed by atoms with Gasteiger partial charge in [0.05, 0.1) is 11.9 Å². The fourth-order valence-electron chi connectivity index (χ4n) is 4.02. The maximum atomic E-state index is 4.77. The second-order valence-corrected chi connectivity index (χ2v) is 11.3. The summed E-state index contributed by atoms with van der Waals surface area (Å²) >= 11 is 3.72. The first-order chi connectivity index (χ1) is 14.6. The van der Waals surface area contributed by atoms with Crippen LogP contribution in [0.2, 0.25) is 0 Å². The minimum Gasteiger partial charge on any atom is -0.352 e. The Morgan fingerprint density at radius 1 is 0.967 bits per heavy atom. The predicted octanol–water partition coefficient (Wildman–Crippen LogP) is 4.48. The monoisotopic (exact) mass is 437 g/mol. The molecular weight excluding hydrogens is 410 g/mol. The van der Waals surface area contributed by atoms with Crippen LogP contribution in [0.5, 0.6) is 0 Å². The Morgan fingerprint density at radius 2 is 1.73 bits per heavy atom. The number of thiophene rings is 1. The van der Waals surface area contributed by atoms with Crippen molar-refractivity contribution in [3.8, 4) is 0 Å². The number of benzene rings is 1. The summed E-state index contributed by atoms with van der Waals surface area (Å²) in [7, 11) is 0. The Kier molecular flexibility index (Phi) is 5.41. The summed E-state index contributed by atoms with van der Waals surface area (Å²) in [6.07, 6.45) is 3.83. The minimum absolute atomic E-state index is 0.234. The fourth-order valence-corrected chi connectivity index (χ4v) is 6.08. The maximum Gasteiger partial charge on any atom is 0.159 e. The molecule has 1 aromatic carbocycles. The van der Waals surface area contributed by atoms with E-state index in [1.165, 1.54) is 21.0 Å². The van der Waals surface area contributed by atoms with E-state index >= 15 is 0 Å². The molecule has 156 valence electrons. The Hall–Kier alpha value is -2.12. The third kappa shape index (κ3) is 4.18. The van der Waals surface area contributed by atoms with Crippen molar-refractivity contribution in [1.29, 1.82) is 0 Å². The van der Waals surface area contributed by atoms with Crippen LogP contribution in [0.1, 0.15) is 24.3 Å². The van der Waals surface area contributed by atoms with Crippen LogP contribution in [0.25, 0.3) is 10.2 Å². The summed E-state index contributed by atoms with van der Waals surface area (Å²) in [5.41, 5.74) is 1.38. The van der Waals surface area contributed by atoms with Crippen LogP contribution in [0, 0.1) is 0 Å². The van der Waals surface area contributed by atoms with Crippen molar-refractivity contribution in [3.05, 3.63) is 53.2 Å². The van der Waals surface area contributed by atoms with Gasteiger partial charge in [-0.2, -0.15) is 0 Å². The van der Waals surface area contributed by atoms with Gasteiger partial charge in [0, 0.05) is 35.8 Å². The van der Waals surface area contributed by atoms with Crippen LogP contribution in [0.15, 0.2) is 47.7 Å². The highest BCUT2D eigenvalue weighted by Crippen LogP contribution is 2.35. The van der Waals surface area contributed by atoms with E-state index in [0.29, 0.717) is 0 Å². The van der Waals surface area contributed by atoms with E-state index in [1.54, 1.807) is 17.7 Å². The van der Waals surface area contributed by atoms with Gasteiger partial charge in [-0.25, -0.2) is 9.97 Å². The first-order valence-corrected chi connectivity index (χ1v) is 12.2. The quantitative estimate of drug-likeness (QED) is 0.602. The van der Waals surface area contributed by atoms with E-state index in [4.69, 9.17) is 4.99 Å². The molecule has 0 N–H and O–H groups in total. The molecule has 0 amide bonds. The Balaban J connectivity index is 1.27. The number of amidine groups is 1. The first-order valence-electron chi connectivity index (χ1n) is 10.6. The van der Waals surface area contributed by atoms with E-state index in [1.807, 2.05) is 11.8 Å². The lowest BCUT2D eigenvalue weighted by Gasteiger charge is -2.36. The normalized spacial score (nSPS) is 18.8. The van der Waals surface area contributed by atoms with E-state index in [-0.39, 0.29) is 4.75 Å². The van der Waals surface area contributed by atoms with Gasteiger partial charge in [-0.15, -0.1) is 11.3 Å². The molecule has 0 spiro atoms. The smallest absolute Gasteiger partial charge is 0.159 e. The lowest BCUT2D eigenvalue weighted by atomic mass is 10.1. The number of rotatable bonds is 4. The zero-order valence-electron chi connectivity index (χ0n) is 17.5. The Labute approximate surface area is 186 Å². The molecule has 0 unspecified atom stereocenters. The van der Waals surface area contributed by atoms with Crippen molar-refractivity contribution in [2.45, 2.75) is 31.4 Å². The van der Waals surface area contributed by atoms with Crippen LogP contribution in [-0.4, -0.2) is 57.5 Å². The molecule has 2 aromatic heterocycles. The van der Waals surface area contributed by atoms with Gasteiger partial charge in [0.25, 0.3) is 0 Å². The summed E-state index contributed by atoms with van der Waals surface area (Å²) in [6.45, 7) is 9.40. The molecular formula is C23H27N5S2. The van der Waals surface area contributed by atoms with Gasteiger partial charge in [-0.05, 0) is 38.3 Å². The molecule has 30 heavy (non-hydrogen) atoms. The van der Waals surface area contributed by atoms with E-state index < -0.39 is 0 Å². The van der Waals surface area contributed by atoms with Gasteiger partial charge < -0.3 is 9.80 Å². The van der Waals surface area contributed by atoms with E-state index in [0.717, 1.165) is 56.2 Å². The topological polar surface area (TPSA) is 44.6 Å². The molecule has 7 heteroatoms. The molecule has 4 heterocycles. The van der Waals surface area contributed by atoms with Crippen LogP contribution in [-0.2, 0) is 12.8 Å². The standard InChI is InChI=1S/C23H27N5S2/c1-23(2)15-24-22(30-23)28-12-10-27(11-13-28)20-19-14-18(29-21(19)26-16-25-20)9-8-17-6-4-3-5-7-17/h3-7,14,16H,8-13,15H2,1-2H3. The molecule has 3 aromatic rings. The van der Waals surface area contributed by atoms with E-state index in [2.05, 4.69) is 70.0 Å². The molecule has 0 aliphatic carbocycles. The van der Waals surface area contributed by atoms with Gasteiger partial charge in [-0.1, -0.05) is 42.1 Å². The van der Waals surface area contributed by atoms with Gasteiger partial charge in [0.2, 0.25) is 0 Å². The van der Waals surface area contributed by atoms with Crippen LogP contribution in [0.4, 0.5) is 5.82 Å². The highest BCUT2D eigenvalue weighted by Gasteiger charge is 2.32. The predicted molar refractivity (Wildman–Crippen MR) is 129 cm³/mol. The number of thioether (sulfide) groups is 1. The van der Waals surface area contributed by atoms with Crippen molar-refractivity contribution in [3.63, 3.8) is 0 Å². The third-order valence-electron chi connectivity index (χ3n) is 5.67. The molecule has 0 atom stereocenters. The average molecular weight is 438 g/mol. The number of hydrogen-bond acceptors (Lipinski definition) is 7. The molecule has 2 aliphatic rings. The highest BCUT2D eigenvalue weighted by molar-refractivity contribution is 8.15. The molecule has 5 nitrogen and oxygen atoms in total. The first kappa shape index (κ1) is 19.8. The number of fused-ring (bicyclic) bond motifs is 1. The number of piperazine rings is 1. The highest BCUT2D eigenvalue weighted by atomic mass is 32.2. The van der Waals surface area contributed by atoms with Gasteiger partial charge in [-0.3, -0.25) is 4.99 Å². The maximum absolute atomic E-state index is 4.77. The number of aromatic nitrogens is 2. The van der Waals surface area contributed by atoms with Gasteiger partial charge in [0.15, 0.2) is 5.17 Å². The number of anilines is 1. The molecule has 1 saturated heterocycles. The van der Waals surface area contributed by atoms with Crippen molar-refractivity contribution in [2.24, 2.45) is 4.99 Å². The van der Waals surface area contributed by atoms with Crippen molar-refractivity contribution in [2.75, 3.05) is 37.6 Å². The molecule has 0 bridgehead atoms. The second-order valence-electron chi connectivity index (χ2n) is 8.55. The number of aryl methyl sites for hydroxylation is 2. The number of hydrogen-bond donors (Lipinski definition) is 0. The molecule has 5 rings (SSSR count). The van der Waals surface area contributed by atoms with Gasteiger partial charge >= 0.3 is 0 Å². The SMILES string of the molecule is CC1(C)CN=C(N2CCN(c3ncnc4sc(CCc5ccccc5)cc34)CC2)S1. The summed E-state index contributed by atoms with van der Waals surface area (Å²) < 4.78 is 0.234. The van der Waals surface area contributed by atoms with Crippen LogP contribution >= 0.6 is 23.1 Å². The lowest BCUT2D eigenvalue weighted by molar-refractivity contribution is 0.391. The van der Waals surface area contributed by atoms with Crippen LogP contribution < -0.4 is 4.90 Å². The van der Waals surface area contributed by atoms with Crippen LogP contribution in [0.3, 0.4) is 0 Å². The zero-order valence-corrected chi connectivity index (χ0v) is 19.2. The minimum atomic E-state index is 0.234. The molecule has 0 radical (unpaired) electrons. The lowest BCUT2D eigenvalue weighted by Crippen LogP contribution is -2.48. The van der Waals surface area contributed by atoms with Crippen molar-refractivity contribution < 1.29 is 0 Å². The fraction of sp³-hybridized carbons (Fsp3) is 0.435. The Bertz CT molecular complexity index is 1050. The van der Waals surface area contributed by atoms with Crippen molar-refractivity contribution in [1.82, 2.24) is 14.9 Å². The van der Waals surface area contributed by atoms with Crippen molar-refractivity contribution >= 4 is 44.3 Å². The molecule has 0 saturated carbocycles. The summed E-state index contributed by atoms with van der Waals surface area (Å²) in [5, 5.41) is 2.42. The number of nitrogens with zero attached hydrogens (tertiary/aromatic N) is 5. The van der Waals surface area contributed by atoms with Gasteiger partial charge in [0.1, 0.15) is 17.0 Å².